The Bertz CT molecular complexity index is 930. The van der Waals surface area contributed by atoms with Gasteiger partial charge in [0.05, 0.1) is 6.42 Å². The Balaban J connectivity index is 1.44. The number of carbonyl (C=O) groups is 1. The molecule has 1 N–H and O–H groups in total. The van der Waals surface area contributed by atoms with Gasteiger partial charge in [-0.1, -0.05) is 60.7 Å². The van der Waals surface area contributed by atoms with Crippen molar-refractivity contribution in [3.05, 3.63) is 78.4 Å². The largest absolute Gasteiger partial charge is 0.381 e. The van der Waals surface area contributed by atoms with Gasteiger partial charge in [0.2, 0.25) is 5.91 Å². The number of rotatable bonds is 6. The van der Waals surface area contributed by atoms with Crippen LogP contribution >= 0.6 is 11.8 Å². The van der Waals surface area contributed by atoms with Crippen molar-refractivity contribution in [1.82, 2.24) is 5.32 Å². The first-order valence-corrected chi connectivity index (χ1v) is 10.6. The van der Waals surface area contributed by atoms with E-state index in [9.17, 15) is 4.79 Å². The summed E-state index contributed by atoms with van der Waals surface area (Å²) in [5, 5.41) is 5.54. The van der Waals surface area contributed by atoms with Gasteiger partial charge in [-0.3, -0.25) is 4.79 Å². The Labute approximate surface area is 170 Å². The molecule has 144 valence electrons. The van der Waals surface area contributed by atoms with Gasteiger partial charge in [0.25, 0.3) is 0 Å². The minimum Gasteiger partial charge on any atom is -0.381 e. The van der Waals surface area contributed by atoms with Gasteiger partial charge in [-0.05, 0) is 41.3 Å². The fraction of sp³-hybridized carbons (Fsp3) is 0.292. The summed E-state index contributed by atoms with van der Waals surface area (Å²) < 4.78 is 5.58. The summed E-state index contributed by atoms with van der Waals surface area (Å²) in [6.45, 7) is 2.16. The van der Waals surface area contributed by atoms with Gasteiger partial charge in [0, 0.05) is 29.4 Å². The molecule has 0 unspecified atom stereocenters. The third-order valence-electron chi connectivity index (χ3n) is 5.32. The molecule has 1 aliphatic heterocycles. The highest BCUT2D eigenvalue weighted by molar-refractivity contribution is 8.00. The molecule has 28 heavy (non-hydrogen) atoms. The highest BCUT2D eigenvalue weighted by Crippen LogP contribution is 2.40. The van der Waals surface area contributed by atoms with Crippen LogP contribution in [0.4, 0.5) is 0 Å². The topological polar surface area (TPSA) is 38.3 Å². The Morgan fingerprint density at radius 2 is 1.64 bits per heavy atom. The van der Waals surface area contributed by atoms with Crippen molar-refractivity contribution < 1.29 is 9.53 Å². The normalized spacial score (nSPS) is 16.0. The third kappa shape index (κ3) is 4.57. The Hall–Kier alpha value is -2.30. The van der Waals surface area contributed by atoms with Gasteiger partial charge in [-0.15, -0.1) is 11.8 Å². The Morgan fingerprint density at radius 3 is 2.46 bits per heavy atom. The predicted molar refractivity (Wildman–Crippen MR) is 116 cm³/mol. The molecule has 3 aromatic carbocycles. The molecular formula is C24H25NO2S. The van der Waals surface area contributed by atoms with Crippen LogP contribution in [-0.4, -0.2) is 30.4 Å². The zero-order valence-corrected chi connectivity index (χ0v) is 16.7. The molecule has 1 amide bonds. The van der Waals surface area contributed by atoms with Crippen LogP contribution in [-0.2, 0) is 16.0 Å². The zero-order chi connectivity index (χ0) is 19.2. The fourth-order valence-electron chi connectivity index (χ4n) is 3.74. The first kappa shape index (κ1) is 19.0. The summed E-state index contributed by atoms with van der Waals surface area (Å²) in [6, 6.07) is 24.8. The molecule has 0 bridgehead atoms. The van der Waals surface area contributed by atoms with Gasteiger partial charge in [-0.2, -0.15) is 0 Å². The van der Waals surface area contributed by atoms with E-state index in [1.807, 2.05) is 42.1 Å². The molecule has 3 aromatic rings. The zero-order valence-electron chi connectivity index (χ0n) is 15.9. The minimum absolute atomic E-state index is 0.00593. The molecule has 4 heteroatoms. The lowest BCUT2D eigenvalue weighted by atomic mass is 9.98. The number of hydrogen-bond donors (Lipinski definition) is 1. The maximum atomic E-state index is 12.7. The van der Waals surface area contributed by atoms with E-state index in [2.05, 4.69) is 47.8 Å². The van der Waals surface area contributed by atoms with Crippen LogP contribution in [0, 0.1) is 0 Å². The number of hydrogen-bond acceptors (Lipinski definition) is 3. The second kappa shape index (κ2) is 8.80. The number of fused-ring (bicyclic) bond motifs is 1. The van der Waals surface area contributed by atoms with E-state index in [0.29, 0.717) is 13.0 Å². The maximum Gasteiger partial charge on any atom is 0.224 e. The summed E-state index contributed by atoms with van der Waals surface area (Å²) in [7, 11) is 0. The molecule has 0 atom stereocenters. The van der Waals surface area contributed by atoms with E-state index in [1.54, 1.807) is 0 Å². The van der Waals surface area contributed by atoms with E-state index in [1.165, 1.54) is 10.3 Å². The molecule has 1 saturated heterocycles. The van der Waals surface area contributed by atoms with Gasteiger partial charge in [0.15, 0.2) is 0 Å². The number of nitrogens with one attached hydrogen (secondary N) is 1. The van der Waals surface area contributed by atoms with Crippen LogP contribution in [0.5, 0.6) is 0 Å². The molecule has 0 radical (unpaired) electrons. The smallest absolute Gasteiger partial charge is 0.224 e. The third-order valence-corrected chi connectivity index (χ3v) is 6.81. The lowest BCUT2D eigenvalue weighted by molar-refractivity contribution is -0.120. The van der Waals surface area contributed by atoms with Crippen molar-refractivity contribution in [2.45, 2.75) is 28.9 Å². The monoisotopic (exact) mass is 391 g/mol. The van der Waals surface area contributed by atoms with Crippen molar-refractivity contribution in [3.63, 3.8) is 0 Å². The number of amides is 1. The van der Waals surface area contributed by atoms with E-state index < -0.39 is 0 Å². The van der Waals surface area contributed by atoms with Crippen LogP contribution in [0.1, 0.15) is 18.4 Å². The first-order valence-electron chi connectivity index (χ1n) is 9.79. The number of thioether (sulfide) groups is 1. The van der Waals surface area contributed by atoms with E-state index in [4.69, 9.17) is 4.74 Å². The molecule has 0 saturated carbocycles. The van der Waals surface area contributed by atoms with Gasteiger partial charge in [-0.25, -0.2) is 0 Å². The summed E-state index contributed by atoms with van der Waals surface area (Å²) in [6.07, 6.45) is 2.30. The average molecular weight is 392 g/mol. The van der Waals surface area contributed by atoms with Crippen molar-refractivity contribution in [2.24, 2.45) is 0 Å². The highest BCUT2D eigenvalue weighted by atomic mass is 32.2. The van der Waals surface area contributed by atoms with E-state index >= 15 is 0 Å². The van der Waals surface area contributed by atoms with Crippen LogP contribution < -0.4 is 5.32 Å². The lowest BCUT2D eigenvalue weighted by Crippen LogP contribution is -2.44. The molecule has 0 spiro atoms. The van der Waals surface area contributed by atoms with Crippen LogP contribution in [0.3, 0.4) is 0 Å². The van der Waals surface area contributed by atoms with E-state index in [0.717, 1.165) is 37.0 Å². The Kier molecular flexibility index (Phi) is 5.98. The van der Waals surface area contributed by atoms with Crippen molar-refractivity contribution in [1.29, 1.82) is 0 Å². The molecule has 3 nitrogen and oxygen atoms in total. The highest BCUT2D eigenvalue weighted by Gasteiger charge is 2.34. The SMILES string of the molecule is O=C(Cc1cccc2ccccc12)NCC1(Sc2ccccc2)CCOCC1. The van der Waals surface area contributed by atoms with Crippen LogP contribution in [0.2, 0.25) is 0 Å². The molecule has 0 aliphatic carbocycles. The molecule has 1 fully saturated rings. The second-order valence-electron chi connectivity index (χ2n) is 7.30. The van der Waals surface area contributed by atoms with Crippen molar-refractivity contribution in [3.8, 4) is 0 Å². The standard InChI is InChI=1S/C24H25NO2S/c26-23(17-20-9-6-8-19-7-4-5-12-22(19)20)25-18-24(13-15-27-16-14-24)28-21-10-2-1-3-11-21/h1-12H,13-18H2,(H,25,26). The number of benzene rings is 3. The number of carbonyl (C=O) groups excluding carboxylic acids is 1. The molecular weight excluding hydrogens is 366 g/mol. The van der Waals surface area contributed by atoms with Gasteiger partial charge in [0.1, 0.15) is 0 Å². The molecule has 1 heterocycles. The number of ether oxygens (including phenoxy) is 1. The molecule has 1 aliphatic rings. The average Bonchev–Trinajstić information content (AvgIpc) is 2.74. The molecule has 4 rings (SSSR count). The van der Waals surface area contributed by atoms with E-state index in [-0.39, 0.29) is 10.7 Å². The Morgan fingerprint density at radius 1 is 0.929 bits per heavy atom. The summed E-state index contributed by atoms with van der Waals surface area (Å²) in [5.74, 6) is 0.0795. The fourth-order valence-corrected chi connectivity index (χ4v) is 5.05. The van der Waals surface area contributed by atoms with Crippen molar-refractivity contribution >= 4 is 28.4 Å². The second-order valence-corrected chi connectivity index (χ2v) is 8.84. The summed E-state index contributed by atoms with van der Waals surface area (Å²) >= 11 is 1.87. The van der Waals surface area contributed by atoms with Crippen molar-refractivity contribution in [2.75, 3.05) is 19.8 Å². The van der Waals surface area contributed by atoms with Crippen LogP contribution in [0.15, 0.2) is 77.7 Å². The lowest BCUT2D eigenvalue weighted by Gasteiger charge is -2.36. The first-order chi connectivity index (χ1) is 13.7. The predicted octanol–water partition coefficient (Wildman–Crippen LogP) is 4.84. The van der Waals surface area contributed by atoms with Gasteiger partial charge < -0.3 is 10.1 Å². The maximum absolute atomic E-state index is 12.7. The quantitative estimate of drug-likeness (QED) is 0.653. The van der Waals surface area contributed by atoms with Gasteiger partial charge >= 0.3 is 0 Å². The minimum atomic E-state index is -0.00593. The van der Waals surface area contributed by atoms with Crippen LogP contribution in [0.25, 0.3) is 10.8 Å². The molecule has 0 aromatic heterocycles. The summed E-state index contributed by atoms with van der Waals surface area (Å²) in [5.41, 5.74) is 1.08. The summed E-state index contributed by atoms with van der Waals surface area (Å²) in [4.78, 5) is 14.0.